The highest BCUT2D eigenvalue weighted by Gasteiger charge is 2.27. The van der Waals surface area contributed by atoms with Gasteiger partial charge in [-0.2, -0.15) is 4.99 Å². The summed E-state index contributed by atoms with van der Waals surface area (Å²) in [6.07, 6.45) is 27.1. The first kappa shape index (κ1) is 30.2. The van der Waals surface area contributed by atoms with Crippen LogP contribution in [0.25, 0.3) is 22.3 Å². The average Bonchev–Trinajstić information content (AvgIpc) is 4.02. The van der Waals surface area contributed by atoms with Crippen molar-refractivity contribution in [2.45, 2.75) is 0 Å². The Bertz CT molecular complexity index is 2530. The Kier molecular flexibility index (Phi) is 7.59. The van der Waals surface area contributed by atoms with Crippen molar-refractivity contribution in [1.82, 2.24) is 15.0 Å². The zero-order valence-corrected chi connectivity index (χ0v) is 27.7. The van der Waals surface area contributed by atoms with Crippen molar-refractivity contribution in [2.24, 2.45) is 25.0 Å². The van der Waals surface area contributed by atoms with E-state index in [1.165, 1.54) is 0 Å². The lowest BCUT2D eigenvalue weighted by Gasteiger charge is -2.12. The van der Waals surface area contributed by atoms with Gasteiger partial charge in [-0.05, 0) is 96.7 Å². The number of fused-ring (bicyclic) bond motifs is 4. The molecule has 8 nitrogen and oxygen atoms in total. The van der Waals surface area contributed by atoms with E-state index in [1.807, 2.05) is 128 Å². The lowest BCUT2D eigenvalue weighted by Crippen LogP contribution is -2.04. The lowest BCUT2D eigenvalue weighted by atomic mass is 9.98. The molecule has 8 heterocycles. The van der Waals surface area contributed by atoms with Crippen LogP contribution >= 0.6 is 12.2 Å². The van der Waals surface area contributed by atoms with Gasteiger partial charge in [0.25, 0.3) is 0 Å². The monoisotopic (exact) mass is 672 g/mol. The maximum Gasteiger partial charge on any atom is 0.0739 e. The minimum Gasteiger partial charge on any atom is -0.264 e. The molecule has 0 radical (unpaired) electrons. The van der Waals surface area contributed by atoms with E-state index in [1.54, 1.807) is 18.6 Å². The zero-order chi connectivity index (χ0) is 34.1. The third-order valence-corrected chi connectivity index (χ3v) is 8.88. The molecule has 8 bridgehead atoms. The van der Waals surface area contributed by atoms with E-state index in [2.05, 4.69) is 25.1 Å². The summed E-state index contributed by atoms with van der Waals surface area (Å²) in [5.41, 5.74) is 13.9. The standard InChI is InChI=1S/C42H24N8S/c51-25-46-30-9-7-26(8-10-30)39-31-11-13-33(47-31)40(27-4-1-19-43-22-27)35-15-17-37(49-35)42(29-6-3-21-45-24-29)38-18-16-36(50-38)41(28-5-2-20-44-23-28)34-14-12-32(39)48-34/h1-24H. The quantitative estimate of drug-likeness (QED) is 0.157. The average molecular weight is 673 g/mol. The van der Waals surface area contributed by atoms with E-state index in [0.717, 1.165) is 90.2 Å². The predicted molar refractivity (Wildman–Crippen MR) is 208 cm³/mol. The molecule has 238 valence electrons. The van der Waals surface area contributed by atoms with Crippen LogP contribution in [0.15, 0.2) is 194 Å². The molecular weight excluding hydrogens is 649 g/mol. The Morgan fingerprint density at radius 1 is 0.412 bits per heavy atom. The number of hydrogen-bond donors (Lipinski definition) is 0. The summed E-state index contributed by atoms with van der Waals surface area (Å²) in [6.45, 7) is 0. The fourth-order valence-corrected chi connectivity index (χ4v) is 6.66. The summed E-state index contributed by atoms with van der Waals surface area (Å²) in [5.74, 6) is 0. The van der Waals surface area contributed by atoms with E-state index in [-0.39, 0.29) is 0 Å². The van der Waals surface area contributed by atoms with Crippen LogP contribution in [0.5, 0.6) is 0 Å². The van der Waals surface area contributed by atoms with Crippen LogP contribution in [-0.2, 0) is 0 Å². The van der Waals surface area contributed by atoms with Gasteiger partial charge in [0.1, 0.15) is 0 Å². The predicted octanol–water partition coefficient (Wildman–Crippen LogP) is 8.61. The van der Waals surface area contributed by atoms with Crippen LogP contribution in [0.2, 0.25) is 0 Å². The topological polar surface area (TPSA) is 100 Å². The molecule has 1 aromatic carbocycles. The second-order valence-electron chi connectivity index (χ2n) is 11.8. The van der Waals surface area contributed by atoms with Crippen molar-refractivity contribution < 1.29 is 0 Å². The molecule has 4 aromatic rings. The highest BCUT2D eigenvalue weighted by molar-refractivity contribution is 7.78. The van der Waals surface area contributed by atoms with Gasteiger partial charge < -0.3 is 0 Å². The van der Waals surface area contributed by atoms with Crippen LogP contribution in [-0.4, -0.2) is 43.0 Å². The molecule has 0 N–H and O–H groups in total. The minimum atomic E-state index is 0.716. The molecule has 0 spiro atoms. The van der Waals surface area contributed by atoms with Gasteiger partial charge in [-0.15, -0.1) is 0 Å². The van der Waals surface area contributed by atoms with E-state index >= 15 is 0 Å². The summed E-state index contributed by atoms with van der Waals surface area (Å²) < 4.78 is 0. The second kappa shape index (κ2) is 12.8. The fourth-order valence-electron chi connectivity index (χ4n) is 6.56. The summed E-state index contributed by atoms with van der Waals surface area (Å²) >= 11 is 4.85. The van der Waals surface area contributed by atoms with E-state index in [9.17, 15) is 0 Å². The first-order valence-electron chi connectivity index (χ1n) is 16.2. The molecule has 0 amide bonds. The Morgan fingerprint density at radius 2 is 0.765 bits per heavy atom. The van der Waals surface area contributed by atoms with Gasteiger partial charge in [0.2, 0.25) is 0 Å². The molecule has 9 heteroatoms. The van der Waals surface area contributed by atoms with Crippen LogP contribution in [0.3, 0.4) is 0 Å². The number of thiocarbonyl (C=S) groups is 1. The summed E-state index contributed by atoms with van der Waals surface area (Å²) in [4.78, 5) is 38.5. The van der Waals surface area contributed by atoms with E-state index in [0.29, 0.717) is 5.69 Å². The fraction of sp³-hybridized carbons (Fsp3) is 0. The third-order valence-electron chi connectivity index (χ3n) is 8.79. The molecular formula is C42H24N8S. The number of benzene rings is 1. The Morgan fingerprint density at radius 3 is 1.08 bits per heavy atom. The van der Waals surface area contributed by atoms with Crippen LogP contribution in [0, 0.1) is 0 Å². The Labute approximate surface area is 298 Å². The van der Waals surface area contributed by atoms with E-state index in [4.69, 9.17) is 32.2 Å². The van der Waals surface area contributed by atoms with Crippen molar-refractivity contribution in [3.63, 3.8) is 0 Å². The summed E-state index contributed by atoms with van der Waals surface area (Å²) in [6, 6.07) is 19.7. The van der Waals surface area contributed by atoms with Gasteiger partial charge in [0, 0.05) is 76.2 Å². The van der Waals surface area contributed by atoms with Gasteiger partial charge in [-0.1, -0.05) is 30.3 Å². The van der Waals surface area contributed by atoms with Gasteiger partial charge in [-0.25, -0.2) is 20.0 Å². The van der Waals surface area contributed by atoms with Crippen molar-refractivity contribution in [3.05, 3.63) is 191 Å². The van der Waals surface area contributed by atoms with Gasteiger partial charge in [0.05, 0.1) is 56.5 Å². The summed E-state index contributed by atoms with van der Waals surface area (Å²) in [5, 5.41) is 2.45. The molecule has 0 atom stereocenters. The minimum absolute atomic E-state index is 0.716. The molecule has 5 aliphatic rings. The van der Waals surface area contributed by atoms with Crippen molar-refractivity contribution in [1.29, 1.82) is 0 Å². The molecule has 3 aromatic heterocycles. The molecule has 0 saturated heterocycles. The van der Waals surface area contributed by atoms with Gasteiger partial charge in [-0.3, -0.25) is 15.0 Å². The van der Waals surface area contributed by atoms with Crippen LogP contribution in [0.4, 0.5) is 5.69 Å². The number of nitrogens with zero attached hydrogens (tertiary/aromatic N) is 8. The van der Waals surface area contributed by atoms with Crippen molar-refractivity contribution in [2.75, 3.05) is 0 Å². The zero-order valence-electron chi connectivity index (χ0n) is 26.8. The normalized spacial score (nSPS) is 17.3. The number of aliphatic imine (C=N–C) groups is 5. The Balaban J connectivity index is 1.36. The van der Waals surface area contributed by atoms with Crippen LogP contribution in [0.1, 0.15) is 22.3 Å². The first-order chi connectivity index (χ1) is 25.2. The smallest absolute Gasteiger partial charge is 0.0739 e. The maximum atomic E-state index is 5.27. The molecule has 0 unspecified atom stereocenters. The lowest BCUT2D eigenvalue weighted by molar-refractivity contribution is 1.30. The van der Waals surface area contributed by atoms with Crippen molar-refractivity contribution in [3.8, 4) is 0 Å². The first-order valence-corrected chi connectivity index (χ1v) is 16.6. The summed E-state index contributed by atoms with van der Waals surface area (Å²) in [7, 11) is 0. The molecule has 0 aliphatic carbocycles. The number of allylic oxidation sites excluding steroid dienone is 12. The number of isothiocyanates is 1. The van der Waals surface area contributed by atoms with Gasteiger partial charge >= 0.3 is 0 Å². The Hall–Kier alpha value is -6.93. The van der Waals surface area contributed by atoms with Gasteiger partial charge in [0.15, 0.2) is 0 Å². The van der Waals surface area contributed by atoms with Crippen molar-refractivity contribution >= 4 is 68.2 Å². The number of aromatic nitrogens is 3. The molecule has 51 heavy (non-hydrogen) atoms. The SMILES string of the molecule is S=C=Nc1ccc(C2=C3C=CC(=N3)C(c3cccnc3)=C3C=CC(=N3)C(c3cccnc3)=C3C=CC(=N3)C(c3cccnc3)=C3C=CC2=N3)cc1. The number of rotatable bonds is 5. The maximum absolute atomic E-state index is 5.27. The number of pyridine rings is 3. The molecule has 0 fully saturated rings. The second-order valence-corrected chi connectivity index (χ2v) is 12.0. The molecule has 9 rings (SSSR count). The highest BCUT2D eigenvalue weighted by atomic mass is 32.1. The largest absolute Gasteiger partial charge is 0.264 e. The van der Waals surface area contributed by atoms with E-state index < -0.39 is 0 Å². The third kappa shape index (κ3) is 5.58. The molecule has 0 saturated carbocycles. The van der Waals surface area contributed by atoms with Crippen LogP contribution < -0.4 is 0 Å². The molecule has 5 aliphatic heterocycles. The highest BCUT2D eigenvalue weighted by Crippen LogP contribution is 2.38. The number of hydrogen-bond acceptors (Lipinski definition) is 9.